The molecule has 0 aliphatic carbocycles. The first-order valence-electron chi connectivity index (χ1n) is 13.8. The molecule has 0 spiro atoms. The summed E-state index contributed by atoms with van der Waals surface area (Å²) in [7, 11) is 0. The molecule has 0 saturated heterocycles. The van der Waals surface area contributed by atoms with Gasteiger partial charge in [0.05, 0.1) is 6.42 Å². The van der Waals surface area contributed by atoms with Crippen molar-refractivity contribution >= 4 is 23.8 Å². The van der Waals surface area contributed by atoms with Gasteiger partial charge in [0, 0.05) is 12.6 Å². The predicted octanol–water partition coefficient (Wildman–Crippen LogP) is 4.92. The van der Waals surface area contributed by atoms with Crippen LogP contribution in [-0.4, -0.2) is 46.0 Å². The van der Waals surface area contributed by atoms with E-state index in [0.717, 1.165) is 19.3 Å². The molecule has 1 rings (SSSR count). The van der Waals surface area contributed by atoms with Crippen molar-refractivity contribution in [2.45, 2.75) is 122 Å². The van der Waals surface area contributed by atoms with Crippen LogP contribution in [0.4, 0.5) is 0 Å². The number of hydrogen-bond acceptors (Lipinski definition) is 6. The predicted molar refractivity (Wildman–Crippen MR) is 142 cm³/mol. The first kappa shape index (κ1) is 32.1. The standard InChI is InChI=1S/C28H45N3O6/c1-2-3-4-5-6-7-8-9-10-11-12-16-22(21-25(29)32)37-28(36)24(18-15-19-26(33)34)31-27(35)23-17-13-14-20-30-23/h13-14,17,20,22,24H,2-12,15-16,18-19,21H2,1H3,(H2,29,32)(H,31,35)(H,33,34)/t22-,24-/m0/s1. The number of aliphatic carboxylic acids is 1. The number of pyridine rings is 1. The Kier molecular flexibility index (Phi) is 17.4. The highest BCUT2D eigenvalue weighted by Gasteiger charge is 2.27. The number of carbonyl (C=O) groups is 4. The fraction of sp³-hybridized carbons (Fsp3) is 0.679. The van der Waals surface area contributed by atoms with Gasteiger partial charge in [-0.25, -0.2) is 4.79 Å². The third-order valence-electron chi connectivity index (χ3n) is 6.21. The maximum Gasteiger partial charge on any atom is 0.328 e. The maximum atomic E-state index is 12.9. The van der Waals surface area contributed by atoms with Gasteiger partial charge >= 0.3 is 11.9 Å². The molecule has 0 aromatic carbocycles. The average Bonchev–Trinajstić information content (AvgIpc) is 2.86. The number of aromatic nitrogens is 1. The monoisotopic (exact) mass is 519 g/mol. The van der Waals surface area contributed by atoms with Gasteiger partial charge in [-0.1, -0.05) is 77.2 Å². The van der Waals surface area contributed by atoms with Gasteiger partial charge in [-0.2, -0.15) is 0 Å². The van der Waals surface area contributed by atoms with E-state index < -0.39 is 35.9 Å². The summed E-state index contributed by atoms with van der Waals surface area (Å²) in [6.07, 6.45) is 14.3. The lowest BCUT2D eigenvalue weighted by Crippen LogP contribution is -2.43. The minimum atomic E-state index is -1.05. The summed E-state index contributed by atoms with van der Waals surface area (Å²) >= 11 is 0. The summed E-state index contributed by atoms with van der Waals surface area (Å²) in [6, 6.07) is 3.77. The lowest BCUT2D eigenvalue weighted by atomic mass is 10.0. The second-order valence-corrected chi connectivity index (χ2v) is 9.58. The van der Waals surface area contributed by atoms with E-state index in [4.69, 9.17) is 15.6 Å². The summed E-state index contributed by atoms with van der Waals surface area (Å²) in [5.74, 6) is -2.83. The first-order valence-corrected chi connectivity index (χ1v) is 13.8. The molecule has 0 aliphatic rings. The van der Waals surface area contributed by atoms with Crippen molar-refractivity contribution in [2.24, 2.45) is 5.73 Å². The van der Waals surface area contributed by atoms with Crippen LogP contribution in [0, 0.1) is 0 Å². The Morgan fingerprint density at radius 3 is 2.08 bits per heavy atom. The lowest BCUT2D eigenvalue weighted by Gasteiger charge is -2.22. The van der Waals surface area contributed by atoms with Gasteiger partial charge < -0.3 is 20.9 Å². The number of carboxylic acid groups (broad SMARTS) is 1. The summed E-state index contributed by atoms with van der Waals surface area (Å²) < 4.78 is 5.59. The summed E-state index contributed by atoms with van der Waals surface area (Å²) in [4.78, 5) is 51.9. The van der Waals surface area contributed by atoms with Crippen LogP contribution in [0.2, 0.25) is 0 Å². The molecule has 0 aliphatic heterocycles. The van der Waals surface area contributed by atoms with E-state index in [1.807, 2.05) is 0 Å². The Morgan fingerprint density at radius 2 is 1.54 bits per heavy atom. The zero-order valence-electron chi connectivity index (χ0n) is 22.3. The number of carbonyl (C=O) groups excluding carboxylic acids is 3. The largest absolute Gasteiger partial charge is 0.481 e. The molecular formula is C28H45N3O6. The minimum absolute atomic E-state index is 0.0887. The number of nitrogens with one attached hydrogen (secondary N) is 1. The Hall–Kier alpha value is -2.97. The lowest BCUT2D eigenvalue weighted by molar-refractivity contribution is -0.153. The van der Waals surface area contributed by atoms with Crippen LogP contribution in [-0.2, 0) is 19.1 Å². The van der Waals surface area contributed by atoms with Crippen LogP contribution in [0.25, 0.3) is 0 Å². The number of esters is 1. The Bertz CT molecular complexity index is 802. The van der Waals surface area contributed by atoms with Crippen molar-refractivity contribution in [1.82, 2.24) is 10.3 Å². The number of hydrogen-bond donors (Lipinski definition) is 3. The first-order chi connectivity index (χ1) is 17.8. The average molecular weight is 520 g/mol. The highest BCUT2D eigenvalue weighted by atomic mass is 16.5. The molecule has 9 heteroatoms. The Balaban J connectivity index is 2.53. The van der Waals surface area contributed by atoms with Crippen molar-refractivity contribution in [2.75, 3.05) is 0 Å². The molecule has 1 aromatic heterocycles. The molecule has 208 valence electrons. The number of unbranched alkanes of at least 4 members (excludes halogenated alkanes) is 10. The van der Waals surface area contributed by atoms with E-state index in [0.29, 0.717) is 6.42 Å². The number of nitrogens with zero attached hydrogens (tertiary/aromatic N) is 1. The second kappa shape index (κ2) is 20.1. The smallest absolute Gasteiger partial charge is 0.328 e. The third kappa shape index (κ3) is 16.4. The van der Waals surface area contributed by atoms with E-state index in [2.05, 4.69) is 17.2 Å². The number of rotatable bonds is 22. The highest BCUT2D eigenvalue weighted by molar-refractivity contribution is 5.95. The molecule has 0 bridgehead atoms. The third-order valence-corrected chi connectivity index (χ3v) is 6.21. The molecule has 37 heavy (non-hydrogen) atoms. The molecule has 0 fully saturated rings. The normalized spacial score (nSPS) is 12.5. The van der Waals surface area contributed by atoms with Crippen molar-refractivity contribution < 1.29 is 29.0 Å². The second-order valence-electron chi connectivity index (χ2n) is 9.58. The summed E-state index contributed by atoms with van der Waals surface area (Å²) in [5.41, 5.74) is 5.50. The van der Waals surface area contributed by atoms with Gasteiger partial charge in [-0.3, -0.25) is 19.4 Å². The van der Waals surface area contributed by atoms with Crippen LogP contribution in [0.1, 0.15) is 120 Å². The van der Waals surface area contributed by atoms with Gasteiger partial charge in [0.2, 0.25) is 5.91 Å². The van der Waals surface area contributed by atoms with Crippen molar-refractivity contribution in [3.8, 4) is 0 Å². The van der Waals surface area contributed by atoms with E-state index in [-0.39, 0.29) is 31.4 Å². The van der Waals surface area contributed by atoms with Crippen LogP contribution in [0.3, 0.4) is 0 Å². The van der Waals surface area contributed by atoms with Crippen molar-refractivity contribution in [3.63, 3.8) is 0 Å². The molecule has 2 amide bonds. The summed E-state index contributed by atoms with van der Waals surface area (Å²) in [5, 5.41) is 11.5. The summed E-state index contributed by atoms with van der Waals surface area (Å²) in [6.45, 7) is 2.22. The zero-order chi connectivity index (χ0) is 27.3. The van der Waals surface area contributed by atoms with Crippen LogP contribution in [0.15, 0.2) is 24.4 Å². The molecule has 0 saturated carbocycles. The van der Waals surface area contributed by atoms with Crippen LogP contribution >= 0.6 is 0 Å². The fourth-order valence-corrected chi connectivity index (χ4v) is 4.15. The quantitative estimate of drug-likeness (QED) is 0.145. The fourth-order valence-electron chi connectivity index (χ4n) is 4.15. The van der Waals surface area contributed by atoms with Crippen molar-refractivity contribution in [3.05, 3.63) is 30.1 Å². The van der Waals surface area contributed by atoms with Gasteiger partial charge in [0.15, 0.2) is 0 Å². The number of amides is 2. The van der Waals surface area contributed by atoms with Crippen molar-refractivity contribution in [1.29, 1.82) is 0 Å². The van der Waals surface area contributed by atoms with E-state index in [1.54, 1.807) is 12.1 Å². The number of nitrogens with two attached hydrogens (primary N) is 1. The molecular weight excluding hydrogens is 474 g/mol. The van der Waals surface area contributed by atoms with E-state index in [9.17, 15) is 19.2 Å². The molecule has 0 radical (unpaired) electrons. The number of primary amides is 1. The van der Waals surface area contributed by atoms with Gasteiger partial charge in [-0.15, -0.1) is 0 Å². The van der Waals surface area contributed by atoms with E-state index in [1.165, 1.54) is 63.6 Å². The number of carboxylic acids is 1. The van der Waals surface area contributed by atoms with E-state index >= 15 is 0 Å². The molecule has 9 nitrogen and oxygen atoms in total. The maximum absolute atomic E-state index is 12.9. The SMILES string of the molecule is CCCCCCCCCCCCC[C@@H](CC(N)=O)OC(=O)[C@H](CCCC(=O)O)NC(=O)c1ccccn1. The topological polar surface area (TPSA) is 149 Å². The van der Waals surface area contributed by atoms with Gasteiger partial charge in [0.25, 0.3) is 5.91 Å². The Morgan fingerprint density at radius 1 is 0.919 bits per heavy atom. The van der Waals surface area contributed by atoms with Crippen LogP contribution in [0.5, 0.6) is 0 Å². The van der Waals surface area contributed by atoms with Gasteiger partial charge in [-0.05, 0) is 37.8 Å². The van der Waals surface area contributed by atoms with Crippen LogP contribution < -0.4 is 11.1 Å². The number of ether oxygens (including phenoxy) is 1. The molecule has 0 unspecified atom stereocenters. The minimum Gasteiger partial charge on any atom is -0.481 e. The zero-order valence-corrected chi connectivity index (χ0v) is 22.3. The molecule has 2 atom stereocenters. The molecule has 1 heterocycles. The molecule has 1 aromatic rings. The highest BCUT2D eigenvalue weighted by Crippen LogP contribution is 2.16. The van der Waals surface area contributed by atoms with Gasteiger partial charge in [0.1, 0.15) is 17.8 Å². The Labute approximate surface area is 220 Å². The molecule has 4 N–H and O–H groups in total.